The molecule has 45 heavy (non-hydrogen) atoms. The lowest BCUT2D eigenvalue weighted by molar-refractivity contribution is -0.129. The highest BCUT2D eigenvalue weighted by molar-refractivity contribution is 7.16. The highest BCUT2D eigenvalue weighted by Crippen LogP contribution is 2.48. The van der Waals surface area contributed by atoms with E-state index >= 15 is 0 Å². The van der Waals surface area contributed by atoms with E-state index in [1.807, 2.05) is 11.0 Å². The number of hydrogen-bond acceptors (Lipinski definition) is 12. The minimum atomic E-state index is -0.637. The second-order valence-corrected chi connectivity index (χ2v) is 14.1. The van der Waals surface area contributed by atoms with Gasteiger partial charge in [-0.3, -0.25) is 9.69 Å². The lowest BCUT2D eigenvalue weighted by Crippen LogP contribution is -2.55. The number of fused-ring (bicyclic) bond motifs is 3. The van der Waals surface area contributed by atoms with Crippen LogP contribution in [0.3, 0.4) is 0 Å². The molecule has 4 aliphatic rings. The second-order valence-electron chi connectivity index (χ2n) is 13.0. The fraction of sp³-hybridized carbons (Fsp3) is 0.562. The third-order valence-electron chi connectivity index (χ3n) is 10.2. The van der Waals surface area contributed by atoms with Gasteiger partial charge in [-0.1, -0.05) is 11.7 Å². The predicted octanol–water partition coefficient (Wildman–Crippen LogP) is 3.91. The Balaban J connectivity index is 1.24. The number of thiophene rings is 1. The summed E-state index contributed by atoms with van der Waals surface area (Å²) >= 11 is 1.48. The number of rotatable bonds is 7. The summed E-state index contributed by atoms with van der Waals surface area (Å²) in [6, 6.07) is 4.91. The first-order valence-electron chi connectivity index (χ1n) is 15.8. The van der Waals surface area contributed by atoms with Crippen LogP contribution in [0.4, 0.5) is 10.8 Å². The molecule has 1 aliphatic carbocycles. The van der Waals surface area contributed by atoms with Gasteiger partial charge in [0.1, 0.15) is 28.7 Å². The van der Waals surface area contributed by atoms with Gasteiger partial charge < -0.3 is 24.8 Å². The van der Waals surface area contributed by atoms with E-state index in [1.54, 1.807) is 0 Å². The number of piperazine rings is 1. The summed E-state index contributed by atoms with van der Waals surface area (Å²) in [6.45, 7) is 10.2. The Morgan fingerprint density at radius 2 is 2.04 bits per heavy atom. The van der Waals surface area contributed by atoms with Gasteiger partial charge in [0, 0.05) is 47.7 Å². The molecule has 0 saturated carbocycles. The van der Waals surface area contributed by atoms with Crippen molar-refractivity contribution in [3.63, 3.8) is 0 Å². The number of anilines is 2. The third-order valence-corrected chi connectivity index (χ3v) is 11.3. The van der Waals surface area contributed by atoms with Crippen LogP contribution in [0.15, 0.2) is 23.2 Å². The SMILES string of the molecule is C=CC(=O)N1C2CCC1CN(c1cc(-c3noc([C@@]4(C)CCCc5sc(N)c(C#N)c54)n3)nc(O[C@@H](C)[C@@H]3CCCN3C)n1)C2. The molecule has 13 heteroatoms. The summed E-state index contributed by atoms with van der Waals surface area (Å²) in [5, 5.41) is 14.8. The van der Waals surface area contributed by atoms with Gasteiger partial charge in [-0.2, -0.15) is 20.2 Å². The molecule has 0 spiro atoms. The molecule has 1 amide bonds. The zero-order valence-electron chi connectivity index (χ0n) is 26.0. The highest BCUT2D eigenvalue weighted by atomic mass is 32.1. The molecular formula is C32H39N9O3S. The number of nitrogens with zero attached hydrogens (tertiary/aromatic N) is 8. The number of likely N-dealkylation sites (N-methyl/N-ethyl adjacent to an activating group) is 1. The third kappa shape index (κ3) is 5.04. The first-order chi connectivity index (χ1) is 21.7. The molecule has 2 unspecified atom stereocenters. The monoisotopic (exact) mass is 629 g/mol. The average molecular weight is 630 g/mol. The lowest BCUT2D eigenvalue weighted by Gasteiger charge is -2.41. The number of aromatic nitrogens is 4. The summed E-state index contributed by atoms with van der Waals surface area (Å²) < 4.78 is 12.4. The van der Waals surface area contributed by atoms with Crippen LogP contribution < -0.4 is 15.4 Å². The number of nitriles is 1. The molecule has 3 saturated heterocycles. The zero-order chi connectivity index (χ0) is 31.5. The van der Waals surface area contributed by atoms with Crippen LogP contribution in [0.5, 0.6) is 6.01 Å². The number of ether oxygens (including phenoxy) is 1. The van der Waals surface area contributed by atoms with Gasteiger partial charge in [0.15, 0.2) is 0 Å². The van der Waals surface area contributed by atoms with E-state index in [9.17, 15) is 10.1 Å². The molecular weight excluding hydrogens is 590 g/mol. The van der Waals surface area contributed by atoms with Crippen LogP contribution in [0.1, 0.15) is 74.3 Å². The van der Waals surface area contributed by atoms with Gasteiger partial charge in [0.05, 0.1) is 11.0 Å². The highest BCUT2D eigenvalue weighted by Gasteiger charge is 2.44. The number of nitrogens with two attached hydrogens (primary N) is 1. The quantitative estimate of drug-likeness (QED) is 0.379. The number of nitrogen functional groups attached to an aromatic ring is 1. The molecule has 0 radical (unpaired) electrons. The largest absolute Gasteiger partial charge is 0.459 e. The molecule has 6 heterocycles. The fourth-order valence-electron chi connectivity index (χ4n) is 7.93. The Morgan fingerprint density at radius 1 is 1.27 bits per heavy atom. The summed E-state index contributed by atoms with van der Waals surface area (Å²) in [4.78, 5) is 34.8. The maximum atomic E-state index is 12.6. The Bertz CT molecular complexity index is 1670. The minimum absolute atomic E-state index is 0.0188. The van der Waals surface area contributed by atoms with Gasteiger partial charge in [-0.05, 0) is 78.5 Å². The lowest BCUT2D eigenvalue weighted by atomic mass is 9.72. The molecule has 3 aliphatic heterocycles. The van der Waals surface area contributed by atoms with Crippen molar-refractivity contribution in [3.8, 4) is 23.6 Å². The van der Waals surface area contributed by atoms with Gasteiger partial charge >= 0.3 is 6.01 Å². The Hall–Kier alpha value is -4.02. The van der Waals surface area contributed by atoms with E-state index in [0.717, 1.165) is 61.9 Å². The van der Waals surface area contributed by atoms with Crippen LogP contribution in [-0.4, -0.2) is 86.7 Å². The molecule has 5 atom stereocenters. The van der Waals surface area contributed by atoms with Crippen molar-refractivity contribution >= 4 is 28.1 Å². The van der Waals surface area contributed by atoms with E-state index < -0.39 is 5.41 Å². The maximum absolute atomic E-state index is 12.6. The second kappa shape index (κ2) is 11.4. The fourth-order valence-corrected chi connectivity index (χ4v) is 9.12. The standard InChI is InChI=1S/C32H39N9O3S/c1-5-26(42)41-19-10-11-20(41)17-40(16-19)25-14-22(35-31(36-25)43-18(2)23-8-7-13-39(23)4)29-37-30(44-38-29)32(3)12-6-9-24-27(32)21(15-33)28(34)45-24/h5,14,18-20,23H,1,6-13,16-17,34H2,2-4H3/t18-,19?,20?,23-,32-/m0/s1. The Labute approximate surface area is 266 Å². The van der Waals surface area contributed by atoms with E-state index in [-0.39, 0.29) is 36.1 Å². The minimum Gasteiger partial charge on any atom is -0.459 e. The average Bonchev–Trinajstić information content (AvgIpc) is 3.81. The van der Waals surface area contributed by atoms with Crippen molar-refractivity contribution < 1.29 is 14.1 Å². The molecule has 2 N–H and O–H groups in total. The van der Waals surface area contributed by atoms with Crippen molar-refractivity contribution in [2.24, 2.45) is 0 Å². The van der Waals surface area contributed by atoms with Gasteiger partial charge in [-0.25, -0.2) is 0 Å². The van der Waals surface area contributed by atoms with Crippen LogP contribution >= 0.6 is 11.3 Å². The number of carbonyl (C=O) groups is 1. The zero-order valence-corrected chi connectivity index (χ0v) is 26.8. The van der Waals surface area contributed by atoms with Crippen molar-refractivity contribution in [1.29, 1.82) is 5.26 Å². The number of aryl methyl sites for hydroxylation is 1. The molecule has 3 fully saturated rings. The van der Waals surface area contributed by atoms with Crippen LogP contribution in [0.25, 0.3) is 11.5 Å². The molecule has 236 valence electrons. The number of carbonyl (C=O) groups excluding carboxylic acids is 1. The number of likely N-dealkylation sites (tertiary alicyclic amines) is 1. The van der Waals surface area contributed by atoms with Crippen molar-refractivity contribution in [2.75, 3.05) is 37.3 Å². The van der Waals surface area contributed by atoms with E-state index in [2.05, 4.69) is 48.5 Å². The van der Waals surface area contributed by atoms with Gasteiger partial charge in [-0.15, -0.1) is 11.3 Å². The first-order valence-corrected chi connectivity index (χ1v) is 16.6. The van der Waals surface area contributed by atoms with Crippen LogP contribution in [-0.2, 0) is 16.6 Å². The molecule has 3 aromatic rings. The number of amides is 1. The van der Waals surface area contributed by atoms with Gasteiger partial charge in [0.25, 0.3) is 0 Å². The van der Waals surface area contributed by atoms with Crippen LogP contribution in [0, 0.1) is 11.3 Å². The Kier molecular flexibility index (Phi) is 7.52. The summed E-state index contributed by atoms with van der Waals surface area (Å²) in [5.74, 6) is 1.46. The van der Waals surface area contributed by atoms with E-state index in [1.165, 1.54) is 17.4 Å². The number of hydrogen-bond donors (Lipinski definition) is 1. The maximum Gasteiger partial charge on any atom is 0.319 e. The van der Waals surface area contributed by atoms with Crippen molar-refractivity contribution in [3.05, 3.63) is 40.6 Å². The molecule has 0 aromatic carbocycles. The Morgan fingerprint density at radius 3 is 2.73 bits per heavy atom. The van der Waals surface area contributed by atoms with E-state index in [4.69, 9.17) is 29.9 Å². The van der Waals surface area contributed by atoms with Gasteiger partial charge in [0.2, 0.25) is 17.6 Å². The normalized spacial score (nSPS) is 26.8. The molecule has 2 bridgehead atoms. The summed E-state index contributed by atoms with van der Waals surface area (Å²) in [5.41, 5.74) is 7.52. The molecule has 7 rings (SSSR count). The summed E-state index contributed by atoms with van der Waals surface area (Å²) in [6.07, 6.45) is 7.93. The molecule has 3 aromatic heterocycles. The molecule has 12 nitrogen and oxygen atoms in total. The van der Waals surface area contributed by atoms with Crippen molar-refractivity contribution in [1.82, 2.24) is 29.9 Å². The predicted molar refractivity (Wildman–Crippen MR) is 170 cm³/mol. The first kappa shape index (κ1) is 29.7. The topological polar surface area (TPSA) is 151 Å². The summed E-state index contributed by atoms with van der Waals surface area (Å²) in [7, 11) is 2.12. The van der Waals surface area contributed by atoms with E-state index in [0.29, 0.717) is 46.9 Å². The van der Waals surface area contributed by atoms with Crippen LogP contribution in [0.2, 0.25) is 0 Å². The van der Waals surface area contributed by atoms with Crippen molar-refractivity contribution in [2.45, 2.75) is 88.4 Å². The smallest absolute Gasteiger partial charge is 0.319 e.